The molecule has 0 aliphatic heterocycles. The van der Waals surface area contributed by atoms with E-state index in [1.54, 1.807) is 36.4 Å². The van der Waals surface area contributed by atoms with Crippen LogP contribution < -0.4 is 14.8 Å². The molecule has 0 saturated carbocycles. The Morgan fingerprint density at radius 2 is 1.59 bits per heavy atom. The molecule has 0 unspecified atom stereocenters. The zero-order valence-electron chi connectivity index (χ0n) is 18.2. The first kappa shape index (κ1) is 26.1. The minimum atomic E-state index is -4.12. The summed E-state index contributed by atoms with van der Waals surface area (Å²) in [7, 11) is -1.17. The van der Waals surface area contributed by atoms with Crippen LogP contribution in [0.5, 0.6) is 11.5 Å². The molecule has 3 aromatic carbocycles. The Morgan fingerprint density at radius 3 is 2.18 bits per heavy atom. The number of nitrogens with one attached hydrogen (secondary N) is 1. The SMILES string of the molecule is COc1ccc(NC(=O)CN(Cc2c(Cl)cccc2Cl)S(=O)(=O)c2ccc(Cl)cc2)c(OC)c1. The Bertz CT molecular complexity index is 1260. The van der Waals surface area contributed by atoms with E-state index in [1.807, 2.05) is 0 Å². The van der Waals surface area contributed by atoms with Crippen LogP contribution in [0.3, 0.4) is 0 Å². The van der Waals surface area contributed by atoms with Crippen molar-refractivity contribution in [1.29, 1.82) is 0 Å². The normalized spacial score (nSPS) is 11.4. The van der Waals surface area contributed by atoms with Gasteiger partial charge in [0, 0.05) is 33.2 Å². The summed E-state index contributed by atoms with van der Waals surface area (Å²) in [5, 5.41) is 3.61. The van der Waals surface area contributed by atoms with Crippen LogP contribution in [0.2, 0.25) is 15.1 Å². The van der Waals surface area contributed by atoms with Crippen molar-refractivity contribution in [1.82, 2.24) is 4.31 Å². The molecule has 0 bridgehead atoms. The molecule has 0 heterocycles. The maximum Gasteiger partial charge on any atom is 0.243 e. The Morgan fingerprint density at radius 1 is 0.941 bits per heavy atom. The van der Waals surface area contributed by atoms with Gasteiger partial charge in [0.15, 0.2) is 0 Å². The summed E-state index contributed by atoms with van der Waals surface area (Å²) < 4.78 is 38.3. The van der Waals surface area contributed by atoms with Crippen LogP contribution in [0.1, 0.15) is 5.56 Å². The molecular weight excluding hydrogens is 523 g/mol. The van der Waals surface area contributed by atoms with Gasteiger partial charge in [-0.25, -0.2) is 8.42 Å². The summed E-state index contributed by atoms with van der Waals surface area (Å²) in [6, 6.07) is 15.3. The number of benzene rings is 3. The van der Waals surface area contributed by atoms with Gasteiger partial charge >= 0.3 is 0 Å². The number of sulfonamides is 1. The van der Waals surface area contributed by atoms with Crippen molar-refractivity contribution in [2.24, 2.45) is 0 Å². The van der Waals surface area contributed by atoms with Gasteiger partial charge in [-0.05, 0) is 48.5 Å². The first-order valence-corrected chi connectivity index (χ1v) is 12.4. The summed E-state index contributed by atoms with van der Waals surface area (Å²) in [4.78, 5) is 12.9. The van der Waals surface area contributed by atoms with Crippen molar-refractivity contribution in [2.45, 2.75) is 11.4 Å². The third-order valence-corrected chi connectivity index (χ3v) is 7.62. The summed E-state index contributed by atoms with van der Waals surface area (Å²) in [6.45, 7) is -0.738. The van der Waals surface area contributed by atoms with E-state index in [2.05, 4.69) is 5.32 Å². The predicted molar refractivity (Wildman–Crippen MR) is 134 cm³/mol. The van der Waals surface area contributed by atoms with Gasteiger partial charge in [-0.1, -0.05) is 40.9 Å². The fourth-order valence-corrected chi connectivity index (χ4v) is 5.10. The lowest BCUT2D eigenvalue weighted by molar-refractivity contribution is -0.116. The van der Waals surface area contributed by atoms with Crippen molar-refractivity contribution in [3.05, 3.63) is 81.3 Å². The lowest BCUT2D eigenvalue weighted by atomic mass is 10.2. The van der Waals surface area contributed by atoms with Crippen LogP contribution in [-0.4, -0.2) is 39.4 Å². The lowest BCUT2D eigenvalue weighted by Crippen LogP contribution is -2.37. The molecule has 0 aliphatic carbocycles. The fourth-order valence-electron chi connectivity index (χ4n) is 3.09. The van der Waals surface area contributed by atoms with Crippen LogP contribution in [0.25, 0.3) is 0 Å². The van der Waals surface area contributed by atoms with Crippen LogP contribution in [0.15, 0.2) is 65.6 Å². The zero-order valence-corrected chi connectivity index (χ0v) is 21.3. The van der Waals surface area contributed by atoms with Crippen LogP contribution >= 0.6 is 34.8 Å². The fraction of sp³-hybridized carbons (Fsp3) is 0.174. The quantitative estimate of drug-likeness (QED) is 0.386. The molecule has 11 heteroatoms. The number of rotatable bonds is 9. The number of anilines is 1. The molecule has 7 nitrogen and oxygen atoms in total. The number of carbonyl (C=O) groups excluding carboxylic acids is 1. The van der Waals surface area contributed by atoms with Crippen LogP contribution in [0.4, 0.5) is 5.69 Å². The summed E-state index contributed by atoms with van der Waals surface area (Å²) >= 11 is 18.5. The smallest absolute Gasteiger partial charge is 0.243 e. The first-order chi connectivity index (χ1) is 16.1. The van der Waals surface area contributed by atoms with E-state index < -0.39 is 22.5 Å². The van der Waals surface area contributed by atoms with Gasteiger partial charge in [0.1, 0.15) is 11.5 Å². The number of amides is 1. The predicted octanol–water partition coefficient (Wildman–Crippen LogP) is 5.49. The Hall–Kier alpha value is -2.49. The van der Waals surface area contributed by atoms with Gasteiger partial charge in [0.2, 0.25) is 15.9 Å². The van der Waals surface area contributed by atoms with Gasteiger partial charge in [0.05, 0.1) is 31.3 Å². The second kappa shape index (κ2) is 11.3. The number of hydrogen-bond donors (Lipinski definition) is 1. The molecule has 0 fully saturated rings. The highest BCUT2D eigenvalue weighted by molar-refractivity contribution is 7.89. The number of hydrogen-bond acceptors (Lipinski definition) is 5. The van der Waals surface area contributed by atoms with Crippen molar-refractivity contribution in [3.8, 4) is 11.5 Å². The summed E-state index contributed by atoms with van der Waals surface area (Å²) in [5.41, 5.74) is 0.728. The van der Waals surface area contributed by atoms with E-state index in [-0.39, 0.29) is 21.5 Å². The molecule has 0 spiro atoms. The number of carbonyl (C=O) groups is 1. The van der Waals surface area contributed by atoms with Gasteiger partial charge < -0.3 is 14.8 Å². The van der Waals surface area contributed by atoms with E-state index in [1.165, 1.54) is 38.5 Å². The van der Waals surface area contributed by atoms with E-state index in [0.29, 0.717) is 27.8 Å². The topological polar surface area (TPSA) is 84.9 Å². The van der Waals surface area contributed by atoms with Crippen LogP contribution in [-0.2, 0) is 21.4 Å². The summed E-state index contributed by atoms with van der Waals surface area (Å²) in [5.74, 6) is 0.299. The molecule has 0 saturated heterocycles. The lowest BCUT2D eigenvalue weighted by Gasteiger charge is -2.23. The first-order valence-electron chi connectivity index (χ1n) is 9.86. The molecule has 0 atom stereocenters. The van der Waals surface area contributed by atoms with Gasteiger partial charge in [-0.15, -0.1) is 0 Å². The Labute approximate surface area is 213 Å². The Balaban J connectivity index is 1.94. The number of ether oxygens (including phenoxy) is 2. The Kier molecular flexibility index (Phi) is 8.67. The van der Waals surface area contributed by atoms with E-state index in [9.17, 15) is 13.2 Å². The van der Waals surface area contributed by atoms with Gasteiger partial charge in [-0.2, -0.15) is 4.31 Å². The second-order valence-corrected chi connectivity index (χ2v) is 10.2. The molecule has 0 aliphatic rings. The van der Waals surface area contributed by atoms with Gasteiger partial charge in [-0.3, -0.25) is 4.79 Å². The van der Waals surface area contributed by atoms with Crippen LogP contribution in [0, 0.1) is 0 Å². The maximum atomic E-state index is 13.4. The average Bonchev–Trinajstić information content (AvgIpc) is 2.81. The molecule has 1 amide bonds. The maximum absolute atomic E-state index is 13.4. The van der Waals surface area contributed by atoms with Crippen molar-refractivity contribution in [2.75, 3.05) is 26.1 Å². The molecule has 3 rings (SSSR count). The largest absolute Gasteiger partial charge is 0.497 e. The third-order valence-electron chi connectivity index (χ3n) is 4.85. The summed E-state index contributed by atoms with van der Waals surface area (Å²) in [6.07, 6.45) is 0. The molecule has 3 aromatic rings. The number of nitrogens with zero attached hydrogens (tertiary/aromatic N) is 1. The molecule has 0 aromatic heterocycles. The molecule has 0 radical (unpaired) electrons. The highest BCUT2D eigenvalue weighted by atomic mass is 35.5. The van der Waals surface area contributed by atoms with E-state index in [0.717, 1.165) is 4.31 Å². The van der Waals surface area contributed by atoms with E-state index in [4.69, 9.17) is 44.3 Å². The van der Waals surface area contributed by atoms with Gasteiger partial charge in [0.25, 0.3) is 0 Å². The zero-order chi connectivity index (χ0) is 24.9. The number of halogens is 3. The minimum Gasteiger partial charge on any atom is -0.497 e. The standard InChI is InChI=1S/C23H21Cl3N2O5S/c1-32-16-8-11-21(22(12-16)33-2)27-23(29)14-28(13-18-19(25)4-3-5-20(18)26)34(30,31)17-9-6-15(24)7-10-17/h3-12H,13-14H2,1-2H3,(H,27,29). The highest BCUT2D eigenvalue weighted by Gasteiger charge is 2.28. The second-order valence-electron chi connectivity index (χ2n) is 7.04. The molecule has 180 valence electrons. The average molecular weight is 544 g/mol. The third kappa shape index (κ3) is 6.14. The van der Waals surface area contributed by atoms with Crippen molar-refractivity contribution < 1.29 is 22.7 Å². The number of methoxy groups -OCH3 is 2. The minimum absolute atomic E-state index is 0.0325. The van der Waals surface area contributed by atoms with Crippen molar-refractivity contribution >= 4 is 56.4 Å². The van der Waals surface area contributed by atoms with Crippen molar-refractivity contribution in [3.63, 3.8) is 0 Å². The molecular formula is C23H21Cl3N2O5S. The molecule has 1 N–H and O–H groups in total. The monoisotopic (exact) mass is 542 g/mol. The van der Waals surface area contributed by atoms with E-state index >= 15 is 0 Å². The highest BCUT2D eigenvalue weighted by Crippen LogP contribution is 2.30. The molecule has 34 heavy (non-hydrogen) atoms.